The lowest BCUT2D eigenvalue weighted by atomic mass is 9.91. The molecule has 0 unspecified atom stereocenters. The first-order valence-corrected chi connectivity index (χ1v) is 6.54. The number of hydrogen-bond donors (Lipinski definition) is 1. The summed E-state index contributed by atoms with van der Waals surface area (Å²) < 4.78 is 0. The zero-order valence-electron chi connectivity index (χ0n) is 11.6. The van der Waals surface area contributed by atoms with Crippen molar-refractivity contribution in [1.29, 1.82) is 0 Å². The molecule has 0 saturated carbocycles. The lowest BCUT2D eigenvalue weighted by molar-refractivity contribution is -0.140. The van der Waals surface area contributed by atoms with E-state index in [9.17, 15) is 4.79 Å². The van der Waals surface area contributed by atoms with Gasteiger partial charge in [-0.25, -0.2) is 0 Å². The van der Waals surface area contributed by atoms with E-state index >= 15 is 0 Å². The van der Waals surface area contributed by atoms with Crippen LogP contribution in [0.1, 0.15) is 32.8 Å². The highest BCUT2D eigenvalue weighted by molar-refractivity contribution is 5.82. The number of rotatable bonds is 6. The third kappa shape index (κ3) is 3.84. The molecule has 18 heavy (non-hydrogen) atoms. The van der Waals surface area contributed by atoms with Gasteiger partial charge in [-0.2, -0.15) is 0 Å². The van der Waals surface area contributed by atoms with Crippen LogP contribution in [-0.2, 0) is 11.3 Å². The number of nitrogens with two attached hydrogens (primary N) is 1. The molecule has 1 aromatic carbocycles. The summed E-state index contributed by atoms with van der Waals surface area (Å²) in [5.74, 6) is 0.135. The molecular weight excluding hydrogens is 224 g/mol. The number of hydrogen-bond acceptors (Lipinski definition) is 2. The van der Waals surface area contributed by atoms with Crippen molar-refractivity contribution in [3.05, 3.63) is 35.9 Å². The Morgan fingerprint density at radius 1 is 1.28 bits per heavy atom. The summed E-state index contributed by atoms with van der Waals surface area (Å²) in [6, 6.07) is 10.1. The van der Waals surface area contributed by atoms with E-state index in [1.807, 2.05) is 49.1 Å². The van der Waals surface area contributed by atoms with Gasteiger partial charge in [0.25, 0.3) is 0 Å². The Hall–Kier alpha value is -1.35. The molecule has 0 spiro atoms. The molecule has 0 radical (unpaired) electrons. The number of amides is 1. The van der Waals surface area contributed by atoms with E-state index in [-0.39, 0.29) is 5.91 Å². The van der Waals surface area contributed by atoms with Gasteiger partial charge in [-0.05, 0) is 25.8 Å². The topological polar surface area (TPSA) is 46.3 Å². The molecule has 0 aliphatic rings. The van der Waals surface area contributed by atoms with Gasteiger partial charge in [0.15, 0.2) is 0 Å². The van der Waals surface area contributed by atoms with E-state index in [0.29, 0.717) is 13.1 Å². The average molecular weight is 248 g/mol. The summed E-state index contributed by atoms with van der Waals surface area (Å²) in [5.41, 5.74) is 6.36. The Balaban J connectivity index is 2.80. The predicted molar refractivity (Wildman–Crippen MR) is 75.0 cm³/mol. The van der Waals surface area contributed by atoms with Gasteiger partial charge >= 0.3 is 0 Å². The van der Waals surface area contributed by atoms with Crippen LogP contribution in [0.25, 0.3) is 0 Å². The van der Waals surface area contributed by atoms with E-state index in [4.69, 9.17) is 5.73 Å². The first kappa shape index (κ1) is 14.7. The number of carbonyl (C=O) groups is 1. The highest BCUT2D eigenvalue weighted by atomic mass is 16.2. The maximum atomic E-state index is 12.4. The summed E-state index contributed by atoms with van der Waals surface area (Å²) in [6.07, 6.45) is 0.958. The molecular formula is C15H24N2O. The van der Waals surface area contributed by atoms with E-state index in [1.165, 1.54) is 0 Å². The van der Waals surface area contributed by atoms with Crippen LogP contribution in [0, 0.1) is 5.41 Å². The minimum absolute atomic E-state index is 0.135. The summed E-state index contributed by atoms with van der Waals surface area (Å²) in [5, 5.41) is 0. The zero-order chi connectivity index (χ0) is 13.6. The molecule has 1 amide bonds. The molecule has 0 atom stereocenters. The largest absolute Gasteiger partial charge is 0.338 e. The van der Waals surface area contributed by atoms with Crippen molar-refractivity contribution in [2.45, 2.75) is 33.7 Å². The highest BCUT2D eigenvalue weighted by Crippen LogP contribution is 2.19. The molecule has 3 nitrogen and oxygen atoms in total. The fraction of sp³-hybridized carbons (Fsp3) is 0.533. The molecule has 100 valence electrons. The molecule has 3 heteroatoms. The monoisotopic (exact) mass is 248 g/mol. The molecule has 1 rings (SSSR count). The van der Waals surface area contributed by atoms with Crippen LogP contribution >= 0.6 is 0 Å². The van der Waals surface area contributed by atoms with Gasteiger partial charge in [0.05, 0.1) is 5.41 Å². The highest BCUT2D eigenvalue weighted by Gasteiger charge is 2.30. The fourth-order valence-electron chi connectivity index (χ4n) is 1.84. The zero-order valence-corrected chi connectivity index (χ0v) is 11.6. The van der Waals surface area contributed by atoms with Gasteiger partial charge in [0.1, 0.15) is 0 Å². The smallest absolute Gasteiger partial charge is 0.229 e. The Bertz CT molecular complexity index is 373. The van der Waals surface area contributed by atoms with E-state index in [1.54, 1.807) is 0 Å². The lowest BCUT2D eigenvalue weighted by Gasteiger charge is -2.31. The van der Waals surface area contributed by atoms with Gasteiger partial charge in [-0.1, -0.05) is 37.3 Å². The second kappa shape index (κ2) is 6.55. The van der Waals surface area contributed by atoms with Gasteiger partial charge < -0.3 is 10.6 Å². The van der Waals surface area contributed by atoms with Crippen LogP contribution in [0.5, 0.6) is 0 Å². The van der Waals surface area contributed by atoms with Crippen LogP contribution in [0.2, 0.25) is 0 Å². The second-order valence-electron chi connectivity index (χ2n) is 5.30. The normalized spacial score (nSPS) is 11.3. The van der Waals surface area contributed by atoms with Crippen LogP contribution in [-0.4, -0.2) is 23.9 Å². The van der Waals surface area contributed by atoms with Crippen molar-refractivity contribution >= 4 is 5.91 Å². The third-order valence-electron chi connectivity index (χ3n) is 3.09. The molecule has 1 aromatic rings. The molecule has 2 N–H and O–H groups in total. The van der Waals surface area contributed by atoms with Crippen LogP contribution < -0.4 is 5.73 Å². The minimum Gasteiger partial charge on any atom is -0.338 e. The first-order chi connectivity index (χ1) is 8.51. The SMILES string of the molecule is CCCN(Cc1ccccc1)C(=O)C(C)(C)CN. The van der Waals surface area contributed by atoms with Crippen LogP contribution in [0.4, 0.5) is 0 Å². The summed E-state index contributed by atoms with van der Waals surface area (Å²) in [6.45, 7) is 7.71. The second-order valence-corrected chi connectivity index (χ2v) is 5.30. The maximum absolute atomic E-state index is 12.4. The Labute approximate surface area is 110 Å². The summed E-state index contributed by atoms with van der Waals surface area (Å²) in [7, 11) is 0. The molecule has 0 aromatic heterocycles. The summed E-state index contributed by atoms with van der Waals surface area (Å²) >= 11 is 0. The summed E-state index contributed by atoms with van der Waals surface area (Å²) in [4.78, 5) is 14.3. The number of carbonyl (C=O) groups excluding carboxylic acids is 1. The van der Waals surface area contributed by atoms with Crippen LogP contribution in [0.15, 0.2) is 30.3 Å². The Kier molecular flexibility index (Phi) is 5.35. The van der Waals surface area contributed by atoms with Gasteiger partial charge in [0.2, 0.25) is 5.91 Å². The minimum atomic E-state index is -0.482. The van der Waals surface area contributed by atoms with Crippen molar-refractivity contribution < 1.29 is 4.79 Å². The standard InChI is InChI=1S/C15H24N2O/c1-4-10-17(14(18)15(2,3)12-16)11-13-8-6-5-7-9-13/h5-9H,4,10-12,16H2,1-3H3. The average Bonchev–Trinajstić information content (AvgIpc) is 2.38. The van der Waals surface area contributed by atoms with Crippen LogP contribution in [0.3, 0.4) is 0 Å². The van der Waals surface area contributed by atoms with E-state index in [0.717, 1.165) is 18.5 Å². The quantitative estimate of drug-likeness (QED) is 0.840. The number of benzene rings is 1. The third-order valence-corrected chi connectivity index (χ3v) is 3.09. The van der Waals surface area contributed by atoms with Crippen molar-refractivity contribution in [3.8, 4) is 0 Å². The number of nitrogens with zero attached hydrogens (tertiary/aromatic N) is 1. The lowest BCUT2D eigenvalue weighted by Crippen LogP contribution is -2.44. The maximum Gasteiger partial charge on any atom is 0.229 e. The Morgan fingerprint density at radius 3 is 2.39 bits per heavy atom. The molecule has 0 fully saturated rings. The van der Waals surface area contributed by atoms with Crippen molar-refractivity contribution in [3.63, 3.8) is 0 Å². The Morgan fingerprint density at radius 2 is 1.89 bits per heavy atom. The molecule has 0 bridgehead atoms. The van der Waals surface area contributed by atoms with Gasteiger partial charge in [-0.15, -0.1) is 0 Å². The molecule has 0 aliphatic carbocycles. The molecule has 0 heterocycles. The van der Waals surface area contributed by atoms with Crippen molar-refractivity contribution in [2.75, 3.05) is 13.1 Å². The molecule has 0 saturated heterocycles. The van der Waals surface area contributed by atoms with Gasteiger partial charge in [-0.3, -0.25) is 4.79 Å². The van der Waals surface area contributed by atoms with E-state index < -0.39 is 5.41 Å². The fourth-order valence-corrected chi connectivity index (χ4v) is 1.84. The predicted octanol–water partition coefficient (Wildman–Crippen LogP) is 2.41. The van der Waals surface area contributed by atoms with Crippen molar-refractivity contribution in [2.24, 2.45) is 11.1 Å². The van der Waals surface area contributed by atoms with Crippen molar-refractivity contribution in [1.82, 2.24) is 4.90 Å². The molecule has 0 aliphatic heterocycles. The van der Waals surface area contributed by atoms with Gasteiger partial charge in [0, 0.05) is 19.6 Å². The van der Waals surface area contributed by atoms with E-state index in [2.05, 4.69) is 6.92 Å². The first-order valence-electron chi connectivity index (χ1n) is 6.54.